The second-order valence-corrected chi connectivity index (χ2v) is 4.84. The maximum Gasteiger partial charge on any atom is 0.331 e. The lowest BCUT2D eigenvalue weighted by atomic mass is 10.3. The van der Waals surface area contributed by atoms with Gasteiger partial charge in [0.05, 0.1) is 12.0 Å². The Kier molecular flexibility index (Phi) is 3.87. The van der Waals surface area contributed by atoms with Crippen molar-refractivity contribution in [2.45, 2.75) is 19.9 Å². The molecule has 1 fully saturated rings. The predicted molar refractivity (Wildman–Crippen MR) is 62.3 cm³/mol. The summed E-state index contributed by atoms with van der Waals surface area (Å²) in [6.45, 7) is 3.73. The van der Waals surface area contributed by atoms with E-state index in [1.54, 1.807) is 0 Å². The number of carbonyl (C=O) groups excluding carboxylic acids is 2. The fraction of sp³-hybridized carbons (Fsp3) is 0.444. The Morgan fingerprint density at radius 3 is 2.60 bits per heavy atom. The highest BCUT2D eigenvalue weighted by Gasteiger charge is 2.34. The summed E-state index contributed by atoms with van der Waals surface area (Å²) >= 11 is 6.16. The van der Waals surface area contributed by atoms with Gasteiger partial charge >= 0.3 is 5.97 Å². The molecule has 0 atom stereocenters. The molecule has 15 heavy (non-hydrogen) atoms. The van der Waals surface area contributed by atoms with Gasteiger partial charge in [0.1, 0.15) is 4.32 Å². The van der Waals surface area contributed by atoms with Crippen molar-refractivity contribution in [1.29, 1.82) is 0 Å². The fourth-order valence-electron chi connectivity index (χ4n) is 1.09. The predicted octanol–water partition coefficient (Wildman–Crippen LogP) is 1.31. The van der Waals surface area contributed by atoms with Crippen LogP contribution in [0.1, 0.15) is 13.8 Å². The molecule has 1 aliphatic heterocycles. The van der Waals surface area contributed by atoms with Gasteiger partial charge in [-0.3, -0.25) is 9.69 Å². The average molecular weight is 245 g/mol. The van der Waals surface area contributed by atoms with Gasteiger partial charge in [-0.25, -0.2) is 4.79 Å². The van der Waals surface area contributed by atoms with Gasteiger partial charge in [0.2, 0.25) is 0 Å². The molecule has 6 heteroatoms. The summed E-state index contributed by atoms with van der Waals surface area (Å²) in [6.07, 6.45) is 1.17. The monoisotopic (exact) mass is 245 g/mol. The third-order valence-corrected chi connectivity index (χ3v) is 3.12. The van der Waals surface area contributed by atoms with Gasteiger partial charge in [0, 0.05) is 12.1 Å². The molecule has 0 bridgehead atoms. The lowest BCUT2D eigenvalue weighted by Crippen LogP contribution is -2.34. The Morgan fingerprint density at radius 1 is 1.60 bits per heavy atom. The van der Waals surface area contributed by atoms with E-state index in [1.807, 2.05) is 13.8 Å². The molecule has 1 amide bonds. The van der Waals surface area contributed by atoms with Crippen molar-refractivity contribution in [1.82, 2.24) is 4.90 Å². The Labute approximate surface area is 97.6 Å². The molecule has 1 rings (SSSR count). The summed E-state index contributed by atoms with van der Waals surface area (Å²) in [5, 5.41) is 0. The van der Waals surface area contributed by atoms with E-state index in [0.717, 1.165) is 11.8 Å². The van der Waals surface area contributed by atoms with Crippen molar-refractivity contribution in [3.63, 3.8) is 0 Å². The zero-order valence-electron chi connectivity index (χ0n) is 8.64. The second kappa shape index (κ2) is 4.76. The molecule has 1 saturated heterocycles. The molecule has 0 spiro atoms. The first-order valence-electron chi connectivity index (χ1n) is 4.32. The Bertz CT molecular complexity index is 349. The molecule has 82 valence electrons. The summed E-state index contributed by atoms with van der Waals surface area (Å²) in [4.78, 5) is 24.5. The van der Waals surface area contributed by atoms with Crippen LogP contribution in [0, 0.1) is 0 Å². The molecule has 0 saturated carbocycles. The molecule has 4 nitrogen and oxygen atoms in total. The number of hydrogen-bond donors (Lipinski definition) is 0. The minimum Gasteiger partial charge on any atom is -0.466 e. The molecule has 1 aliphatic rings. The summed E-state index contributed by atoms with van der Waals surface area (Å²) in [5.41, 5.74) is 0. The first-order valence-corrected chi connectivity index (χ1v) is 5.55. The Hall–Kier alpha value is -0.880. The van der Waals surface area contributed by atoms with E-state index in [1.165, 1.54) is 18.1 Å². The molecule has 0 aliphatic carbocycles. The third kappa shape index (κ3) is 2.57. The van der Waals surface area contributed by atoms with Crippen molar-refractivity contribution in [3.8, 4) is 0 Å². The molecule has 0 aromatic carbocycles. The van der Waals surface area contributed by atoms with E-state index in [2.05, 4.69) is 4.74 Å². The smallest absolute Gasteiger partial charge is 0.331 e. The number of thioether (sulfide) groups is 1. The highest BCUT2D eigenvalue weighted by Crippen LogP contribution is 2.32. The number of hydrogen-bond acceptors (Lipinski definition) is 5. The van der Waals surface area contributed by atoms with Crippen molar-refractivity contribution < 1.29 is 14.3 Å². The van der Waals surface area contributed by atoms with E-state index in [-0.39, 0.29) is 11.9 Å². The minimum absolute atomic E-state index is 0.000969. The van der Waals surface area contributed by atoms with Crippen LogP contribution < -0.4 is 0 Å². The van der Waals surface area contributed by atoms with Crippen molar-refractivity contribution in [2.24, 2.45) is 0 Å². The topological polar surface area (TPSA) is 46.6 Å². The van der Waals surface area contributed by atoms with Crippen LogP contribution >= 0.6 is 24.0 Å². The van der Waals surface area contributed by atoms with Crippen LogP contribution in [-0.4, -0.2) is 34.2 Å². The SMILES string of the molecule is COC(=O)/C=C1/SC(=S)N(C(C)C)C1=O. The number of carbonyl (C=O) groups is 2. The van der Waals surface area contributed by atoms with Crippen LogP contribution in [0.25, 0.3) is 0 Å². The van der Waals surface area contributed by atoms with Gasteiger partial charge in [0.25, 0.3) is 5.91 Å². The summed E-state index contributed by atoms with van der Waals surface area (Å²) in [7, 11) is 1.27. The summed E-state index contributed by atoms with van der Waals surface area (Å²) in [5.74, 6) is -0.773. The van der Waals surface area contributed by atoms with Crippen LogP contribution in [0.4, 0.5) is 0 Å². The number of rotatable bonds is 2. The van der Waals surface area contributed by atoms with Crippen LogP contribution in [0.5, 0.6) is 0 Å². The van der Waals surface area contributed by atoms with Crippen LogP contribution in [-0.2, 0) is 14.3 Å². The normalized spacial score (nSPS) is 19.2. The largest absolute Gasteiger partial charge is 0.466 e. The second-order valence-electron chi connectivity index (χ2n) is 3.17. The van der Waals surface area contributed by atoms with Crippen LogP contribution in [0.3, 0.4) is 0 Å². The molecule has 0 unspecified atom stereocenters. The van der Waals surface area contributed by atoms with Gasteiger partial charge in [-0.05, 0) is 13.8 Å². The molecule has 1 heterocycles. The van der Waals surface area contributed by atoms with E-state index in [9.17, 15) is 9.59 Å². The van der Waals surface area contributed by atoms with Gasteiger partial charge in [-0.1, -0.05) is 24.0 Å². The standard InChI is InChI=1S/C9H11NO3S2/c1-5(2)10-8(12)6(15-9(10)14)4-7(11)13-3/h4-5H,1-3H3/b6-4+. The van der Waals surface area contributed by atoms with Gasteiger partial charge in [0.15, 0.2) is 0 Å². The highest BCUT2D eigenvalue weighted by atomic mass is 32.2. The van der Waals surface area contributed by atoms with Gasteiger partial charge < -0.3 is 4.74 Å². The third-order valence-electron chi connectivity index (χ3n) is 1.79. The maximum absolute atomic E-state index is 11.8. The van der Waals surface area contributed by atoms with Crippen LogP contribution in [0.2, 0.25) is 0 Å². The molecule has 0 aromatic heterocycles. The van der Waals surface area contributed by atoms with E-state index >= 15 is 0 Å². The summed E-state index contributed by atoms with van der Waals surface area (Å²) < 4.78 is 4.93. The first kappa shape index (κ1) is 12.2. The quantitative estimate of drug-likeness (QED) is 0.417. The van der Waals surface area contributed by atoms with Crippen molar-refractivity contribution in [3.05, 3.63) is 11.0 Å². The highest BCUT2D eigenvalue weighted by molar-refractivity contribution is 8.26. The Morgan fingerprint density at radius 2 is 2.20 bits per heavy atom. The van der Waals surface area contributed by atoms with Crippen molar-refractivity contribution in [2.75, 3.05) is 7.11 Å². The zero-order valence-corrected chi connectivity index (χ0v) is 10.3. The number of ether oxygens (including phenoxy) is 1. The zero-order chi connectivity index (χ0) is 11.6. The van der Waals surface area contributed by atoms with Gasteiger partial charge in [-0.15, -0.1) is 0 Å². The Balaban J connectivity index is 2.91. The number of thiocarbonyl (C=S) groups is 1. The number of esters is 1. The van der Waals surface area contributed by atoms with E-state index < -0.39 is 5.97 Å². The van der Waals surface area contributed by atoms with Crippen LogP contribution in [0.15, 0.2) is 11.0 Å². The molecular formula is C9H11NO3S2. The first-order chi connectivity index (χ1) is 6.97. The molecule has 0 aromatic rings. The lowest BCUT2D eigenvalue weighted by Gasteiger charge is -2.18. The number of methoxy groups -OCH3 is 1. The average Bonchev–Trinajstić information content (AvgIpc) is 2.41. The number of amides is 1. The molecule has 0 N–H and O–H groups in total. The van der Waals surface area contributed by atoms with Gasteiger partial charge in [-0.2, -0.15) is 0 Å². The lowest BCUT2D eigenvalue weighted by molar-refractivity contribution is -0.135. The fourth-order valence-corrected chi connectivity index (χ4v) is 2.58. The number of nitrogens with zero attached hydrogens (tertiary/aromatic N) is 1. The summed E-state index contributed by atoms with van der Waals surface area (Å²) in [6, 6.07) is 0.000969. The molecular weight excluding hydrogens is 234 g/mol. The minimum atomic E-state index is -0.542. The van der Waals surface area contributed by atoms with E-state index in [0.29, 0.717) is 9.23 Å². The maximum atomic E-state index is 11.8. The van der Waals surface area contributed by atoms with E-state index in [4.69, 9.17) is 12.2 Å². The van der Waals surface area contributed by atoms with Crippen molar-refractivity contribution >= 4 is 40.2 Å². The molecule has 0 radical (unpaired) electrons.